The van der Waals surface area contributed by atoms with Gasteiger partial charge in [-0.05, 0) is 41.8 Å². The molecule has 4 rings (SSSR count). The number of amides is 1. The lowest BCUT2D eigenvalue weighted by molar-refractivity contribution is 0.0928. The SMILES string of the molecule is COc1ccc(CNCCc2ccccn2)c2cc(C(=O)NCCc3ccccc3)oc12. The van der Waals surface area contributed by atoms with Crippen LogP contribution in [-0.4, -0.2) is 31.1 Å². The van der Waals surface area contributed by atoms with Gasteiger partial charge in [-0.25, -0.2) is 0 Å². The molecule has 4 aromatic rings. The number of pyridine rings is 1. The molecule has 0 atom stereocenters. The van der Waals surface area contributed by atoms with E-state index >= 15 is 0 Å². The van der Waals surface area contributed by atoms with Crippen molar-refractivity contribution in [2.24, 2.45) is 0 Å². The van der Waals surface area contributed by atoms with E-state index in [-0.39, 0.29) is 11.7 Å². The number of hydrogen-bond donors (Lipinski definition) is 2. The fraction of sp³-hybridized carbons (Fsp3) is 0.231. The lowest BCUT2D eigenvalue weighted by Gasteiger charge is -2.08. The number of carbonyl (C=O) groups excluding carboxylic acids is 1. The number of fused-ring (bicyclic) bond motifs is 1. The number of benzene rings is 2. The van der Waals surface area contributed by atoms with E-state index in [4.69, 9.17) is 9.15 Å². The van der Waals surface area contributed by atoms with Crippen LogP contribution >= 0.6 is 0 Å². The summed E-state index contributed by atoms with van der Waals surface area (Å²) in [5.74, 6) is 0.668. The largest absolute Gasteiger partial charge is 0.493 e. The maximum absolute atomic E-state index is 12.7. The summed E-state index contributed by atoms with van der Waals surface area (Å²) in [4.78, 5) is 17.0. The number of furan rings is 1. The molecule has 2 aromatic carbocycles. The Bertz CT molecular complexity index is 1160. The zero-order valence-electron chi connectivity index (χ0n) is 18.1. The van der Waals surface area contributed by atoms with Gasteiger partial charge in [0.25, 0.3) is 5.91 Å². The molecule has 164 valence electrons. The Balaban J connectivity index is 1.41. The van der Waals surface area contributed by atoms with Gasteiger partial charge in [-0.3, -0.25) is 9.78 Å². The maximum atomic E-state index is 12.7. The smallest absolute Gasteiger partial charge is 0.287 e. The second-order valence-electron chi connectivity index (χ2n) is 7.52. The van der Waals surface area contributed by atoms with Gasteiger partial charge in [-0.15, -0.1) is 0 Å². The Morgan fingerprint density at radius 2 is 1.84 bits per heavy atom. The van der Waals surface area contributed by atoms with E-state index < -0.39 is 0 Å². The number of methoxy groups -OCH3 is 1. The zero-order chi connectivity index (χ0) is 22.2. The van der Waals surface area contributed by atoms with Gasteiger partial charge in [-0.2, -0.15) is 0 Å². The maximum Gasteiger partial charge on any atom is 0.287 e. The number of ether oxygens (including phenoxy) is 1. The minimum absolute atomic E-state index is 0.228. The third-order valence-electron chi connectivity index (χ3n) is 5.32. The molecule has 0 bridgehead atoms. The minimum Gasteiger partial charge on any atom is -0.493 e. The average molecular weight is 430 g/mol. The van der Waals surface area contributed by atoms with Gasteiger partial charge in [0.1, 0.15) is 0 Å². The van der Waals surface area contributed by atoms with E-state index in [9.17, 15) is 4.79 Å². The third-order valence-corrected chi connectivity index (χ3v) is 5.32. The lowest BCUT2D eigenvalue weighted by atomic mass is 10.1. The molecule has 0 saturated carbocycles. The van der Waals surface area contributed by atoms with Crippen LogP contribution < -0.4 is 15.4 Å². The van der Waals surface area contributed by atoms with E-state index in [1.807, 2.05) is 60.7 Å². The lowest BCUT2D eigenvalue weighted by Crippen LogP contribution is -2.25. The van der Waals surface area contributed by atoms with Crippen molar-refractivity contribution in [1.29, 1.82) is 0 Å². The van der Waals surface area contributed by atoms with Gasteiger partial charge in [0.15, 0.2) is 17.1 Å². The van der Waals surface area contributed by atoms with Crippen LogP contribution in [0.15, 0.2) is 77.3 Å². The van der Waals surface area contributed by atoms with Crippen molar-refractivity contribution >= 4 is 16.9 Å². The van der Waals surface area contributed by atoms with Crippen LogP contribution in [0.1, 0.15) is 27.4 Å². The van der Waals surface area contributed by atoms with Crippen LogP contribution in [0.3, 0.4) is 0 Å². The highest BCUT2D eigenvalue weighted by atomic mass is 16.5. The van der Waals surface area contributed by atoms with Crippen molar-refractivity contribution in [3.63, 3.8) is 0 Å². The number of rotatable bonds is 10. The zero-order valence-corrected chi connectivity index (χ0v) is 18.1. The molecule has 0 aliphatic heterocycles. The van der Waals surface area contributed by atoms with E-state index in [2.05, 4.69) is 15.6 Å². The van der Waals surface area contributed by atoms with Crippen molar-refractivity contribution in [3.8, 4) is 5.75 Å². The predicted octanol–water partition coefficient (Wildman–Crippen LogP) is 4.14. The van der Waals surface area contributed by atoms with Gasteiger partial charge >= 0.3 is 0 Å². The van der Waals surface area contributed by atoms with Crippen LogP contribution in [0, 0.1) is 0 Å². The van der Waals surface area contributed by atoms with Gasteiger partial charge < -0.3 is 19.8 Å². The molecule has 2 N–H and O–H groups in total. The molecule has 1 amide bonds. The average Bonchev–Trinajstić information content (AvgIpc) is 3.29. The molecule has 0 fully saturated rings. The molecule has 32 heavy (non-hydrogen) atoms. The molecule has 0 radical (unpaired) electrons. The van der Waals surface area contributed by atoms with Crippen molar-refractivity contribution in [2.75, 3.05) is 20.2 Å². The number of carbonyl (C=O) groups is 1. The molecule has 0 aliphatic rings. The minimum atomic E-state index is -0.228. The first-order chi connectivity index (χ1) is 15.7. The van der Waals surface area contributed by atoms with Gasteiger partial charge in [0.05, 0.1) is 7.11 Å². The summed E-state index contributed by atoms with van der Waals surface area (Å²) >= 11 is 0. The first kappa shape index (κ1) is 21.6. The summed E-state index contributed by atoms with van der Waals surface area (Å²) in [6.07, 6.45) is 3.42. The molecule has 6 heteroatoms. The van der Waals surface area contributed by atoms with Gasteiger partial charge in [-0.1, -0.05) is 42.5 Å². The van der Waals surface area contributed by atoms with E-state index in [0.29, 0.717) is 24.4 Å². The van der Waals surface area contributed by atoms with Crippen molar-refractivity contribution < 1.29 is 13.9 Å². The first-order valence-corrected chi connectivity index (χ1v) is 10.8. The van der Waals surface area contributed by atoms with Crippen LogP contribution in [0.25, 0.3) is 11.0 Å². The molecule has 0 aliphatic carbocycles. The van der Waals surface area contributed by atoms with E-state index in [1.165, 1.54) is 5.56 Å². The molecular formula is C26H27N3O3. The highest BCUT2D eigenvalue weighted by Gasteiger charge is 2.17. The highest BCUT2D eigenvalue weighted by Crippen LogP contribution is 2.31. The second kappa shape index (κ2) is 10.6. The van der Waals surface area contributed by atoms with E-state index in [1.54, 1.807) is 19.4 Å². The topological polar surface area (TPSA) is 76.4 Å². The highest BCUT2D eigenvalue weighted by molar-refractivity contribution is 5.98. The number of nitrogens with one attached hydrogen (secondary N) is 2. The van der Waals surface area contributed by atoms with Gasteiger partial charge in [0, 0.05) is 43.3 Å². The summed E-state index contributed by atoms with van der Waals surface area (Å²) in [6.45, 7) is 2.00. The molecule has 0 saturated heterocycles. The number of hydrogen-bond acceptors (Lipinski definition) is 5. The number of nitrogens with zero attached hydrogens (tertiary/aromatic N) is 1. The molecule has 0 unspecified atom stereocenters. The van der Waals surface area contributed by atoms with Crippen molar-refractivity contribution in [1.82, 2.24) is 15.6 Å². The summed E-state index contributed by atoms with van der Waals surface area (Å²) in [5, 5.41) is 7.27. The Morgan fingerprint density at radius 3 is 2.62 bits per heavy atom. The Kier molecular flexibility index (Phi) is 7.15. The summed E-state index contributed by atoms with van der Waals surface area (Å²) in [5.41, 5.74) is 3.87. The van der Waals surface area contributed by atoms with Gasteiger partial charge in [0.2, 0.25) is 0 Å². The molecule has 2 aromatic heterocycles. The van der Waals surface area contributed by atoms with Crippen LogP contribution in [0.2, 0.25) is 0 Å². The standard InChI is InChI=1S/C26H27N3O3/c1-31-23-11-10-20(18-27-15-13-21-9-5-6-14-28-21)22-17-24(32-25(22)23)26(30)29-16-12-19-7-3-2-4-8-19/h2-11,14,17,27H,12-13,15-16,18H2,1H3,(H,29,30). The van der Waals surface area contributed by atoms with Crippen LogP contribution in [0.4, 0.5) is 0 Å². The van der Waals surface area contributed by atoms with Crippen LogP contribution in [-0.2, 0) is 19.4 Å². The molecule has 0 spiro atoms. The van der Waals surface area contributed by atoms with E-state index in [0.717, 1.165) is 36.0 Å². The quantitative estimate of drug-likeness (QED) is 0.371. The normalized spacial score (nSPS) is 10.9. The Morgan fingerprint density at radius 1 is 1.00 bits per heavy atom. The summed E-state index contributed by atoms with van der Waals surface area (Å²) < 4.78 is 11.3. The fourth-order valence-electron chi connectivity index (χ4n) is 3.62. The fourth-order valence-corrected chi connectivity index (χ4v) is 3.62. The second-order valence-corrected chi connectivity index (χ2v) is 7.52. The monoisotopic (exact) mass is 429 g/mol. The molecular weight excluding hydrogens is 402 g/mol. The predicted molar refractivity (Wildman–Crippen MR) is 125 cm³/mol. The number of aromatic nitrogens is 1. The first-order valence-electron chi connectivity index (χ1n) is 10.8. The van der Waals surface area contributed by atoms with Crippen molar-refractivity contribution in [2.45, 2.75) is 19.4 Å². The summed E-state index contributed by atoms with van der Waals surface area (Å²) in [6, 6.07) is 21.7. The molecule has 2 heterocycles. The summed E-state index contributed by atoms with van der Waals surface area (Å²) in [7, 11) is 1.60. The third kappa shape index (κ3) is 5.34. The Labute approximate surface area is 187 Å². The molecule has 6 nitrogen and oxygen atoms in total. The van der Waals surface area contributed by atoms with Crippen LogP contribution in [0.5, 0.6) is 5.75 Å². The van der Waals surface area contributed by atoms with Crippen molar-refractivity contribution in [3.05, 3.63) is 95.5 Å². The Hall–Kier alpha value is -3.64.